The SMILES string of the molecule is C[C@@H](N)[C@H](CNc1ccc(S(=O)(=O)Nc2ncns2)cc1C#N)Cc1ccccc1CN. The fourth-order valence-electron chi connectivity index (χ4n) is 3.25. The Hall–Kier alpha value is -3.04. The van der Waals surface area contributed by atoms with Crippen LogP contribution >= 0.6 is 11.5 Å². The highest BCUT2D eigenvalue weighted by molar-refractivity contribution is 7.93. The summed E-state index contributed by atoms with van der Waals surface area (Å²) in [6, 6.07) is 14.3. The van der Waals surface area contributed by atoms with E-state index in [2.05, 4.69) is 25.5 Å². The van der Waals surface area contributed by atoms with Gasteiger partial charge in [0.15, 0.2) is 0 Å². The maximum atomic E-state index is 12.6. The maximum absolute atomic E-state index is 12.6. The van der Waals surface area contributed by atoms with Crippen molar-refractivity contribution in [3.05, 3.63) is 65.5 Å². The van der Waals surface area contributed by atoms with E-state index < -0.39 is 10.0 Å². The fourth-order valence-corrected chi connectivity index (χ4v) is 4.94. The average molecular weight is 472 g/mol. The highest BCUT2D eigenvalue weighted by Crippen LogP contribution is 2.24. The second kappa shape index (κ2) is 10.5. The Balaban J connectivity index is 1.75. The molecule has 9 nitrogen and oxygen atoms in total. The third-order valence-electron chi connectivity index (χ3n) is 5.12. The summed E-state index contributed by atoms with van der Waals surface area (Å²) in [5, 5.41) is 13.0. The van der Waals surface area contributed by atoms with Crippen molar-refractivity contribution in [3.63, 3.8) is 0 Å². The zero-order chi connectivity index (χ0) is 23.1. The first-order chi connectivity index (χ1) is 15.3. The van der Waals surface area contributed by atoms with Gasteiger partial charge in [0.05, 0.1) is 16.1 Å². The van der Waals surface area contributed by atoms with Gasteiger partial charge < -0.3 is 16.8 Å². The van der Waals surface area contributed by atoms with Gasteiger partial charge in [0.25, 0.3) is 10.0 Å². The lowest BCUT2D eigenvalue weighted by molar-refractivity contribution is 0.461. The molecule has 3 rings (SSSR count). The first kappa shape index (κ1) is 23.6. The number of sulfonamides is 1. The summed E-state index contributed by atoms with van der Waals surface area (Å²) in [6.07, 6.45) is 2.00. The van der Waals surface area contributed by atoms with E-state index in [4.69, 9.17) is 11.5 Å². The predicted molar refractivity (Wildman–Crippen MR) is 126 cm³/mol. The smallest absolute Gasteiger partial charge is 0.263 e. The van der Waals surface area contributed by atoms with Crippen molar-refractivity contribution in [2.75, 3.05) is 16.6 Å². The van der Waals surface area contributed by atoms with Gasteiger partial charge in [0.2, 0.25) is 5.13 Å². The lowest BCUT2D eigenvalue weighted by atomic mass is 9.91. The Bertz CT molecular complexity index is 1190. The molecule has 32 heavy (non-hydrogen) atoms. The van der Waals surface area contributed by atoms with Gasteiger partial charge in [-0.15, -0.1) is 0 Å². The first-order valence-corrected chi connectivity index (χ1v) is 12.2. The fraction of sp³-hybridized carbons (Fsp3) is 0.286. The molecule has 1 aromatic heterocycles. The number of hydrogen-bond donors (Lipinski definition) is 4. The largest absolute Gasteiger partial charge is 0.384 e. The van der Waals surface area contributed by atoms with Crippen LogP contribution in [0.15, 0.2) is 53.7 Å². The van der Waals surface area contributed by atoms with E-state index in [1.807, 2.05) is 31.2 Å². The zero-order valence-electron chi connectivity index (χ0n) is 17.5. The van der Waals surface area contributed by atoms with Gasteiger partial charge >= 0.3 is 0 Å². The van der Waals surface area contributed by atoms with Gasteiger partial charge in [-0.2, -0.15) is 9.64 Å². The van der Waals surface area contributed by atoms with Crippen LogP contribution < -0.4 is 21.5 Å². The summed E-state index contributed by atoms with van der Waals surface area (Å²) >= 11 is 0.926. The highest BCUT2D eigenvalue weighted by Gasteiger charge is 2.20. The lowest BCUT2D eigenvalue weighted by Gasteiger charge is -2.23. The van der Waals surface area contributed by atoms with Crippen LogP contribution in [0.2, 0.25) is 0 Å². The first-order valence-electron chi connectivity index (χ1n) is 9.94. The summed E-state index contributed by atoms with van der Waals surface area (Å²) < 4.78 is 31.3. The van der Waals surface area contributed by atoms with E-state index in [1.165, 1.54) is 18.5 Å². The predicted octanol–water partition coefficient (Wildman–Crippen LogP) is 2.29. The number of nitrogens with two attached hydrogens (primary N) is 2. The molecule has 0 unspecified atom stereocenters. The molecule has 0 saturated carbocycles. The van der Waals surface area contributed by atoms with Crippen LogP contribution in [0.5, 0.6) is 0 Å². The Morgan fingerprint density at radius 2 is 1.97 bits per heavy atom. The van der Waals surface area contributed by atoms with Crippen molar-refractivity contribution in [3.8, 4) is 6.07 Å². The number of benzene rings is 2. The van der Waals surface area contributed by atoms with Crippen molar-refractivity contribution in [1.82, 2.24) is 9.36 Å². The molecule has 0 aliphatic carbocycles. The van der Waals surface area contributed by atoms with E-state index >= 15 is 0 Å². The van der Waals surface area contributed by atoms with Crippen LogP contribution in [0.1, 0.15) is 23.6 Å². The Morgan fingerprint density at radius 3 is 2.59 bits per heavy atom. The molecule has 0 aliphatic rings. The van der Waals surface area contributed by atoms with Gasteiger partial charge in [-0.05, 0) is 48.6 Å². The van der Waals surface area contributed by atoms with Gasteiger partial charge in [-0.25, -0.2) is 13.4 Å². The van der Waals surface area contributed by atoms with Gasteiger partial charge in [-0.3, -0.25) is 4.72 Å². The summed E-state index contributed by atoms with van der Waals surface area (Å²) in [6.45, 7) is 2.91. The molecule has 0 spiro atoms. The van der Waals surface area contributed by atoms with Crippen molar-refractivity contribution in [1.29, 1.82) is 5.26 Å². The maximum Gasteiger partial charge on any atom is 0.263 e. The minimum absolute atomic E-state index is 0.0320. The highest BCUT2D eigenvalue weighted by atomic mass is 32.2. The number of rotatable bonds is 10. The van der Waals surface area contributed by atoms with E-state index in [9.17, 15) is 13.7 Å². The van der Waals surface area contributed by atoms with E-state index in [-0.39, 0.29) is 27.6 Å². The van der Waals surface area contributed by atoms with Crippen molar-refractivity contribution < 1.29 is 8.42 Å². The number of nitrogens with zero attached hydrogens (tertiary/aromatic N) is 3. The van der Waals surface area contributed by atoms with Crippen LogP contribution in [0.3, 0.4) is 0 Å². The summed E-state index contributed by atoms with van der Waals surface area (Å²) in [5.74, 6) is 0.0803. The molecule has 0 bridgehead atoms. The number of nitrogens with one attached hydrogen (secondary N) is 2. The number of nitriles is 1. The number of anilines is 2. The average Bonchev–Trinajstić information content (AvgIpc) is 3.28. The standard InChI is InChI=1S/C21H25N7O2S2/c1-14(24)18(8-15-4-2-3-5-16(15)10-22)12-25-20-7-6-19(9-17(20)11-23)32(29,30)28-21-26-13-27-31-21/h2-7,9,13-14,18,25H,8,10,12,22,24H2,1H3,(H,26,27,28)/t14-,18+/m1/s1. The molecule has 0 fully saturated rings. The summed E-state index contributed by atoms with van der Waals surface area (Å²) in [4.78, 5) is 3.79. The van der Waals surface area contributed by atoms with E-state index in [1.54, 1.807) is 6.07 Å². The van der Waals surface area contributed by atoms with Crippen LogP contribution in [0.4, 0.5) is 10.8 Å². The topological polar surface area (TPSA) is 160 Å². The Kier molecular flexibility index (Phi) is 7.76. The number of hydrogen-bond acceptors (Lipinski definition) is 9. The summed E-state index contributed by atoms with van der Waals surface area (Å²) in [7, 11) is -3.88. The second-order valence-corrected chi connectivity index (χ2v) is 9.81. The van der Waals surface area contributed by atoms with Crippen LogP contribution in [0, 0.1) is 17.2 Å². The number of aromatic nitrogens is 2. The molecule has 0 aliphatic heterocycles. The molecular formula is C21H25N7O2S2. The molecule has 2 aromatic carbocycles. The minimum Gasteiger partial charge on any atom is -0.384 e. The lowest BCUT2D eigenvalue weighted by Crippen LogP contribution is -2.34. The van der Waals surface area contributed by atoms with Crippen LogP contribution in [-0.2, 0) is 23.0 Å². The monoisotopic (exact) mass is 471 g/mol. The van der Waals surface area contributed by atoms with Crippen molar-refractivity contribution in [2.24, 2.45) is 17.4 Å². The van der Waals surface area contributed by atoms with Gasteiger partial charge in [0, 0.05) is 30.7 Å². The summed E-state index contributed by atoms with van der Waals surface area (Å²) in [5.41, 5.74) is 15.1. The van der Waals surface area contributed by atoms with E-state index in [0.717, 1.165) is 29.1 Å². The molecule has 3 aromatic rings. The normalized spacial score (nSPS) is 13.2. The third-order valence-corrected chi connectivity index (χ3v) is 7.17. The zero-order valence-corrected chi connectivity index (χ0v) is 19.2. The molecule has 0 radical (unpaired) electrons. The molecule has 2 atom stereocenters. The molecular weight excluding hydrogens is 446 g/mol. The van der Waals surface area contributed by atoms with Crippen LogP contribution in [-0.4, -0.2) is 30.4 Å². The minimum atomic E-state index is -3.88. The molecule has 0 amide bonds. The molecule has 0 saturated heterocycles. The van der Waals surface area contributed by atoms with Gasteiger partial charge in [-0.1, -0.05) is 24.3 Å². The Morgan fingerprint density at radius 1 is 1.22 bits per heavy atom. The molecule has 1 heterocycles. The van der Waals surface area contributed by atoms with Crippen molar-refractivity contribution >= 4 is 32.4 Å². The molecule has 11 heteroatoms. The van der Waals surface area contributed by atoms with Crippen molar-refractivity contribution in [2.45, 2.75) is 30.8 Å². The van der Waals surface area contributed by atoms with Crippen LogP contribution in [0.25, 0.3) is 0 Å². The second-order valence-electron chi connectivity index (χ2n) is 7.35. The quantitative estimate of drug-likeness (QED) is 0.350. The molecule has 168 valence electrons. The Labute approximate surface area is 191 Å². The third kappa shape index (κ3) is 5.80. The van der Waals surface area contributed by atoms with Gasteiger partial charge in [0.1, 0.15) is 12.4 Å². The molecule has 6 N–H and O–H groups in total. The van der Waals surface area contributed by atoms with E-state index in [0.29, 0.717) is 18.8 Å².